The zero-order chi connectivity index (χ0) is 13.7. The molecule has 0 saturated heterocycles. The highest BCUT2D eigenvalue weighted by molar-refractivity contribution is 6.61. The van der Waals surface area contributed by atoms with E-state index in [0.717, 1.165) is 18.9 Å². The standard InChI is InChI=1S/C14H28O3Si/c1-5-9-10-11-12-13-14-18(15-6-2,16-7-3)17-8-4/h5,9,12-13H,6-8,10-11,14H2,1-4H3/b9-5+,13-12+. The Morgan fingerprint density at radius 3 is 1.72 bits per heavy atom. The van der Waals surface area contributed by atoms with E-state index in [4.69, 9.17) is 13.3 Å². The second-order valence-corrected chi connectivity index (χ2v) is 6.44. The van der Waals surface area contributed by atoms with Crippen molar-refractivity contribution < 1.29 is 13.3 Å². The van der Waals surface area contributed by atoms with E-state index in [1.54, 1.807) is 0 Å². The van der Waals surface area contributed by atoms with Crippen LogP contribution in [0.15, 0.2) is 24.3 Å². The molecule has 0 spiro atoms. The lowest BCUT2D eigenvalue weighted by molar-refractivity contribution is 0.0742. The van der Waals surface area contributed by atoms with E-state index >= 15 is 0 Å². The summed E-state index contributed by atoms with van der Waals surface area (Å²) in [5, 5.41) is 0. The van der Waals surface area contributed by atoms with Crippen molar-refractivity contribution in [3.63, 3.8) is 0 Å². The molecule has 4 heteroatoms. The molecule has 18 heavy (non-hydrogen) atoms. The summed E-state index contributed by atoms with van der Waals surface area (Å²) in [6.07, 6.45) is 10.7. The van der Waals surface area contributed by atoms with Crippen LogP contribution in [0.25, 0.3) is 0 Å². The Hall–Kier alpha value is -0.423. The molecule has 0 N–H and O–H groups in total. The van der Waals surface area contributed by atoms with Crippen LogP contribution in [-0.4, -0.2) is 28.6 Å². The first-order valence-electron chi connectivity index (χ1n) is 6.92. The van der Waals surface area contributed by atoms with Crippen molar-refractivity contribution in [1.29, 1.82) is 0 Å². The summed E-state index contributed by atoms with van der Waals surface area (Å²) in [6, 6.07) is 0.762. The lowest BCUT2D eigenvalue weighted by atomic mass is 10.3. The second kappa shape index (κ2) is 11.7. The summed E-state index contributed by atoms with van der Waals surface area (Å²) in [4.78, 5) is 0. The number of allylic oxidation sites excluding steroid dienone is 4. The van der Waals surface area contributed by atoms with Crippen LogP contribution in [0, 0.1) is 0 Å². The van der Waals surface area contributed by atoms with Crippen molar-refractivity contribution in [3.05, 3.63) is 24.3 Å². The molecule has 0 aromatic rings. The topological polar surface area (TPSA) is 27.7 Å². The average molecular weight is 272 g/mol. The van der Waals surface area contributed by atoms with Gasteiger partial charge in [-0.2, -0.15) is 0 Å². The predicted octanol–water partition coefficient (Wildman–Crippen LogP) is 3.95. The van der Waals surface area contributed by atoms with Gasteiger partial charge < -0.3 is 13.3 Å². The fourth-order valence-corrected chi connectivity index (χ4v) is 4.04. The van der Waals surface area contributed by atoms with Crippen molar-refractivity contribution in [2.24, 2.45) is 0 Å². The van der Waals surface area contributed by atoms with Gasteiger partial charge in [0.05, 0.1) is 0 Å². The summed E-state index contributed by atoms with van der Waals surface area (Å²) in [5.74, 6) is 0. The van der Waals surface area contributed by atoms with Crippen molar-refractivity contribution in [1.82, 2.24) is 0 Å². The first-order valence-corrected chi connectivity index (χ1v) is 8.85. The van der Waals surface area contributed by atoms with E-state index in [1.807, 2.05) is 27.7 Å². The number of unbranched alkanes of at least 4 members (excludes halogenated alkanes) is 1. The Bertz CT molecular complexity index is 222. The number of hydrogen-bond donors (Lipinski definition) is 0. The third kappa shape index (κ3) is 7.82. The van der Waals surface area contributed by atoms with E-state index in [-0.39, 0.29) is 0 Å². The predicted molar refractivity (Wildman–Crippen MR) is 78.6 cm³/mol. The van der Waals surface area contributed by atoms with Crippen LogP contribution in [-0.2, 0) is 13.3 Å². The lowest BCUT2D eigenvalue weighted by Crippen LogP contribution is -2.45. The smallest absolute Gasteiger partial charge is 0.374 e. The zero-order valence-corrected chi connectivity index (χ0v) is 13.3. The molecule has 3 nitrogen and oxygen atoms in total. The number of rotatable bonds is 11. The molecule has 0 aromatic carbocycles. The lowest BCUT2D eigenvalue weighted by Gasteiger charge is -2.27. The molecule has 0 atom stereocenters. The van der Waals surface area contributed by atoms with E-state index in [2.05, 4.69) is 24.3 Å². The molecule has 0 aromatic heterocycles. The van der Waals surface area contributed by atoms with Crippen LogP contribution in [0.3, 0.4) is 0 Å². The van der Waals surface area contributed by atoms with Gasteiger partial charge in [-0.3, -0.25) is 0 Å². The van der Waals surface area contributed by atoms with Crippen LogP contribution in [0.5, 0.6) is 0 Å². The van der Waals surface area contributed by atoms with Crippen LogP contribution in [0.1, 0.15) is 40.5 Å². The van der Waals surface area contributed by atoms with Gasteiger partial charge >= 0.3 is 8.80 Å². The quantitative estimate of drug-likeness (QED) is 0.324. The van der Waals surface area contributed by atoms with E-state index in [9.17, 15) is 0 Å². The Balaban J connectivity index is 4.27. The molecule has 0 aliphatic rings. The van der Waals surface area contributed by atoms with Crippen LogP contribution in [0.4, 0.5) is 0 Å². The molecule has 0 fully saturated rings. The number of hydrogen-bond acceptors (Lipinski definition) is 3. The Morgan fingerprint density at radius 1 is 0.778 bits per heavy atom. The van der Waals surface area contributed by atoms with Gasteiger partial charge in [-0.1, -0.05) is 24.3 Å². The van der Waals surface area contributed by atoms with Crippen molar-refractivity contribution in [2.75, 3.05) is 19.8 Å². The Kier molecular flexibility index (Phi) is 11.4. The van der Waals surface area contributed by atoms with Gasteiger partial charge in [-0.15, -0.1) is 0 Å². The van der Waals surface area contributed by atoms with Gasteiger partial charge in [-0.25, -0.2) is 0 Å². The molecule has 0 bridgehead atoms. The normalized spacial score (nSPS) is 12.9. The monoisotopic (exact) mass is 272 g/mol. The first kappa shape index (κ1) is 17.6. The third-order valence-electron chi connectivity index (χ3n) is 2.36. The molecule has 0 amide bonds. The molecular weight excluding hydrogens is 244 g/mol. The largest absolute Gasteiger partial charge is 0.504 e. The first-order chi connectivity index (χ1) is 8.74. The van der Waals surface area contributed by atoms with Gasteiger partial charge in [0.25, 0.3) is 0 Å². The maximum atomic E-state index is 5.77. The highest BCUT2D eigenvalue weighted by Gasteiger charge is 2.38. The molecule has 106 valence electrons. The van der Waals surface area contributed by atoms with E-state index in [0.29, 0.717) is 19.8 Å². The SMILES string of the molecule is C/C=C/CC/C=C/C[Si](OCC)(OCC)OCC. The van der Waals surface area contributed by atoms with Gasteiger partial charge in [0.1, 0.15) is 0 Å². The maximum Gasteiger partial charge on any atom is 0.504 e. The van der Waals surface area contributed by atoms with Crippen LogP contribution in [0.2, 0.25) is 6.04 Å². The minimum atomic E-state index is -2.47. The highest BCUT2D eigenvalue weighted by atomic mass is 28.4. The van der Waals surface area contributed by atoms with Crippen molar-refractivity contribution in [2.45, 2.75) is 46.6 Å². The van der Waals surface area contributed by atoms with Crippen molar-refractivity contribution >= 4 is 8.80 Å². The summed E-state index contributed by atoms with van der Waals surface area (Å²) >= 11 is 0. The fourth-order valence-electron chi connectivity index (χ4n) is 1.67. The molecule has 0 rings (SSSR count). The van der Waals surface area contributed by atoms with Gasteiger partial charge in [0, 0.05) is 25.9 Å². The van der Waals surface area contributed by atoms with Gasteiger partial charge in [-0.05, 0) is 40.5 Å². The summed E-state index contributed by atoms with van der Waals surface area (Å²) in [7, 11) is -2.47. The summed E-state index contributed by atoms with van der Waals surface area (Å²) in [5.41, 5.74) is 0. The molecule has 0 heterocycles. The molecule has 0 saturated carbocycles. The average Bonchev–Trinajstić information content (AvgIpc) is 2.35. The molecule has 0 unspecified atom stereocenters. The van der Waals surface area contributed by atoms with Crippen molar-refractivity contribution in [3.8, 4) is 0 Å². The Labute approximate surface area is 113 Å². The minimum Gasteiger partial charge on any atom is -0.374 e. The minimum absolute atomic E-state index is 0.638. The summed E-state index contributed by atoms with van der Waals surface area (Å²) in [6.45, 7) is 9.90. The summed E-state index contributed by atoms with van der Waals surface area (Å²) < 4.78 is 17.3. The van der Waals surface area contributed by atoms with E-state index in [1.165, 1.54) is 0 Å². The maximum absolute atomic E-state index is 5.77. The zero-order valence-electron chi connectivity index (χ0n) is 12.3. The van der Waals surface area contributed by atoms with E-state index < -0.39 is 8.80 Å². The molecule has 0 aliphatic carbocycles. The second-order valence-electron chi connectivity index (χ2n) is 3.80. The third-order valence-corrected chi connectivity index (χ3v) is 5.28. The molecular formula is C14H28O3Si. The Morgan fingerprint density at radius 2 is 1.28 bits per heavy atom. The molecule has 0 radical (unpaired) electrons. The molecule has 0 aliphatic heterocycles. The van der Waals surface area contributed by atoms with Gasteiger partial charge in [0.2, 0.25) is 0 Å². The van der Waals surface area contributed by atoms with Gasteiger partial charge in [0.15, 0.2) is 0 Å². The fraction of sp³-hybridized carbons (Fsp3) is 0.714. The van der Waals surface area contributed by atoms with Crippen LogP contribution >= 0.6 is 0 Å². The highest BCUT2D eigenvalue weighted by Crippen LogP contribution is 2.16. The van der Waals surface area contributed by atoms with Crippen LogP contribution < -0.4 is 0 Å².